The minimum Gasteiger partial charge on any atom is -0.290 e. The second-order valence-corrected chi connectivity index (χ2v) is 21.0. The average Bonchev–Trinajstić information content (AvgIpc) is 3.43. The van der Waals surface area contributed by atoms with Gasteiger partial charge in [0.2, 0.25) is 5.78 Å². The highest BCUT2D eigenvalue weighted by Gasteiger charge is 2.53. The van der Waals surface area contributed by atoms with E-state index in [2.05, 4.69) is 36.4 Å². The molecule has 0 bridgehead atoms. The first-order valence-electron chi connectivity index (χ1n) is 21.1. The van der Waals surface area contributed by atoms with Gasteiger partial charge >= 0.3 is 0 Å². The lowest BCUT2D eigenvalue weighted by atomic mass is 9.12. The van der Waals surface area contributed by atoms with Crippen molar-refractivity contribution in [1.29, 1.82) is 0 Å². The van der Waals surface area contributed by atoms with Crippen molar-refractivity contribution in [2.75, 3.05) is 12.4 Å². The number of hydrogen-bond acceptors (Lipinski definition) is 2. The number of Topliss-reactive ketones (excluding diaryl/α,β-unsaturated/α-hetero) is 1. The predicted molar refractivity (Wildman–Crippen MR) is 242 cm³/mol. The molecule has 394 valence electrons. The zero-order chi connectivity index (χ0) is 56.0. The second kappa shape index (κ2) is 21.7. The van der Waals surface area contributed by atoms with Gasteiger partial charge in [-0.05, 0) is 48.5 Å². The molecule has 0 aromatic heterocycles. The molecule has 0 radical (unpaired) electrons. The normalized spacial score (nSPS) is 12.1. The van der Waals surface area contributed by atoms with E-state index in [0.717, 1.165) is 4.90 Å². The van der Waals surface area contributed by atoms with Crippen molar-refractivity contribution in [3.05, 3.63) is 237 Å². The van der Waals surface area contributed by atoms with E-state index in [1.54, 1.807) is 30.5 Å². The quantitative estimate of drug-likeness (QED) is 0.0323. The molecule has 0 heterocycles. The smallest absolute Gasteiger partial charge is 0.201 e. The van der Waals surface area contributed by atoms with Gasteiger partial charge in [0.25, 0.3) is 0 Å². The molecule has 8 aromatic rings. The van der Waals surface area contributed by atoms with Crippen LogP contribution in [0.15, 0.2) is 120 Å². The Labute approximate surface area is 418 Å². The van der Waals surface area contributed by atoms with Crippen molar-refractivity contribution >= 4 is 67.8 Å². The summed E-state index contributed by atoms with van der Waals surface area (Å²) in [6.45, 7) is 0. The average molecular weight is 1120 g/mol. The van der Waals surface area contributed by atoms with Crippen LogP contribution in [-0.4, -0.2) is 28.6 Å². The molecule has 0 amide bonds. The highest BCUT2D eigenvalue weighted by atomic mass is 32.2. The molecule has 0 aliphatic heterocycles. The summed E-state index contributed by atoms with van der Waals surface area (Å²) in [6, 6.07) is 38.4. The van der Waals surface area contributed by atoms with Crippen LogP contribution >= 0.6 is 7.26 Å². The summed E-state index contributed by atoms with van der Waals surface area (Å²) in [5, 5.41) is 3.56. The molecule has 0 aliphatic rings. The number of benzene rings is 8. The van der Waals surface area contributed by atoms with Gasteiger partial charge in [-0.1, -0.05) is 66.7 Å². The van der Waals surface area contributed by atoms with E-state index in [1.165, 1.54) is 15.9 Å². The Morgan fingerprint density at radius 3 is 0.763 bits per heavy atom. The van der Waals surface area contributed by atoms with Gasteiger partial charge in [0.1, 0.15) is 82.0 Å². The van der Waals surface area contributed by atoms with Crippen LogP contribution in [-0.2, 0) is 10.8 Å². The van der Waals surface area contributed by atoms with Crippen molar-refractivity contribution in [3.8, 4) is 0 Å². The van der Waals surface area contributed by atoms with Gasteiger partial charge in [-0.15, -0.1) is 21.9 Å². The summed E-state index contributed by atoms with van der Waals surface area (Å²) >= 11 is 0. The number of ketones is 1. The van der Waals surface area contributed by atoms with Crippen LogP contribution in [0.5, 0.6) is 0 Å². The zero-order valence-corrected chi connectivity index (χ0v) is 39.2. The Kier molecular flexibility index (Phi) is 16.1. The fourth-order valence-electron chi connectivity index (χ4n) is 8.78. The van der Waals surface area contributed by atoms with E-state index in [4.69, 9.17) is 0 Å². The topological polar surface area (TPSA) is 34.1 Å². The maximum absolute atomic E-state index is 15.4. The Morgan fingerprint density at radius 2 is 0.553 bits per heavy atom. The molecular formula is C51H24BF20O2PS. The molecule has 1 atom stereocenters. The third-order valence-corrected chi connectivity index (χ3v) is 17.4. The lowest BCUT2D eigenvalue weighted by molar-refractivity contribution is 0.102. The molecule has 0 fully saturated rings. The first-order valence-corrected chi connectivity index (χ1v) is 24.6. The maximum Gasteiger partial charge on any atom is 0.201 e. The Hall–Kier alpha value is -7.33. The zero-order valence-electron chi connectivity index (χ0n) is 37.5. The summed E-state index contributed by atoms with van der Waals surface area (Å²) in [5.74, 6) is -71.3. The lowest BCUT2D eigenvalue weighted by Crippen LogP contribution is -2.81. The fourth-order valence-corrected chi connectivity index (χ4v) is 13.4. The van der Waals surface area contributed by atoms with E-state index in [9.17, 15) is 61.7 Å². The molecule has 2 nitrogen and oxygen atoms in total. The molecule has 0 saturated heterocycles. The third-order valence-electron chi connectivity index (χ3n) is 12.2. The van der Waals surface area contributed by atoms with E-state index >= 15 is 35.1 Å². The molecule has 0 N–H and O–H groups in total. The van der Waals surface area contributed by atoms with E-state index in [1.807, 2.05) is 54.6 Å². The number of halogens is 20. The first-order chi connectivity index (χ1) is 35.8. The lowest BCUT2D eigenvalue weighted by Gasteiger charge is -2.44. The number of hydrogen-bond donors (Lipinski definition) is 0. The van der Waals surface area contributed by atoms with Gasteiger partial charge in [0, 0.05) is 27.5 Å². The van der Waals surface area contributed by atoms with Crippen LogP contribution in [0.3, 0.4) is 0 Å². The summed E-state index contributed by atoms with van der Waals surface area (Å²) < 4.78 is 306. The van der Waals surface area contributed by atoms with Crippen molar-refractivity contribution in [2.24, 2.45) is 0 Å². The van der Waals surface area contributed by atoms with E-state index < -0.39 is 162 Å². The van der Waals surface area contributed by atoms with Gasteiger partial charge < -0.3 is 0 Å². The Balaban J connectivity index is 0.000000236. The van der Waals surface area contributed by atoms with E-state index in [0.29, 0.717) is 11.7 Å². The molecular weight excluding hydrogens is 1100 g/mol. The van der Waals surface area contributed by atoms with Crippen molar-refractivity contribution < 1.29 is 96.8 Å². The van der Waals surface area contributed by atoms with Gasteiger partial charge in [-0.3, -0.25) is 9.00 Å². The van der Waals surface area contributed by atoms with Crippen molar-refractivity contribution in [3.63, 3.8) is 0 Å². The van der Waals surface area contributed by atoms with Crippen LogP contribution in [0.25, 0.3) is 0 Å². The molecule has 76 heavy (non-hydrogen) atoms. The fraction of sp³-hybridized carbons (Fsp3) is 0.0392. The molecule has 0 aliphatic carbocycles. The molecule has 0 spiro atoms. The number of carbonyl (C=O) groups excluding carboxylic acids is 1. The third kappa shape index (κ3) is 9.11. The largest absolute Gasteiger partial charge is 0.290 e. The molecule has 8 rings (SSSR count). The second-order valence-electron chi connectivity index (χ2n) is 16.2. The highest BCUT2D eigenvalue weighted by molar-refractivity contribution is 7.96. The van der Waals surface area contributed by atoms with Crippen LogP contribution in [0.4, 0.5) is 87.8 Å². The van der Waals surface area contributed by atoms with E-state index in [-0.39, 0.29) is 5.78 Å². The Morgan fingerprint density at radius 1 is 0.342 bits per heavy atom. The summed E-state index contributed by atoms with van der Waals surface area (Å²) in [4.78, 5) is 14.3. The summed E-state index contributed by atoms with van der Waals surface area (Å²) in [7, 11) is -3.28. The van der Waals surface area contributed by atoms with Gasteiger partial charge in [-0.25, -0.2) is 87.8 Å². The SMILES string of the molecule is CS(=O)c1ccc(C(=O)C[P+](c2ccccc2)(c2ccccc2)c2ccccc2)cc1.Fc1c(F)c(F)c([B-](c2c(F)c(F)c(F)c(F)c2F)(c2c(F)c(F)c(F)c(F)c2F)c2c(F)c(F)c(F)c(F)c2F)c(F)c1F. The predicted octanol–water partition coefficient (Wildman–Crippen LogP) is 10.4. The molecule has 0 saturated carbocycles. The van der Waals surface area contributed by atoms with Crippen LogP contribution in [0, 0.1) is 116 Å². The Bertz CT molecular complexity index is 3130. The van der Waals surface area contributed by atoms with Gasteiger partial charge in [0.15, 0.2) is 69.8 Å². The van der Waals surface area contributed by atoms with Crippen LogP contribution in [0.1, 0.15) is 10.4 Å². The van der Waals surface area contributed by atoms with Crippen molar-refractivity contribution in [1.82, 2.24) is 0 Å². The summed E-state index contributed by atoms with van der Waals surface area (Å²) in [5.41, 5.74) is -13.7. The maximum atomic E-state index is 15.4. The summed E-state index contributed by atoms with van der Waals surface area (Å²) in [6.07, 6.45) is -5.17. The number of rotatable bonds is 11. The minimum atomic E-state index is -7.22. The number of carbonyl (C=O) groups is 1. The van der Waals surface area contributed by atoms with Crippen molar-refractivity contribution in [2.45, 2.75) is 4.90 Å². The molecule has 25 heteroatoms. The van der Waals surface area contributed by atoms with Gasteiger partial charge in [-0.2, -0.15) is 0 Å². The molecule has 1 unspecified atom stereocenters. The molecule has 8 aromatic carbocycles. The first kappa shape index (κ1) is 56.4. The van der Waals surface area contributed by atoms with Crippen LogP contribution < -0.4 is 37.8 Å². The van der Waals surface area contributed by atoms with Crippen LogP contribution in [0.2, 0.25) is 0 Å². The highest BCUT2D eigenvalue weighted by Crippen LogP contribution is 2.55. The minimum absolute atomic E-state index is 0.0957. The van der Waals surface area contributed by atoms with Gasteiger partial charge in [0.05, 0.1) is 0 Å². The standard InChI is InChI=1S/C27H24O2PS.C24BF20/c1-31(29)26-19-17-22(18-20-26)27(28)21-30(23-11-5-2-6-12-23,24-13-7-3-8-14-24)25-15-9-4-10-16-25;26-5-1(6(27)14(35)21(42)13(5)34)25(2-7(28)15(36)22(43)16(37)8(2)29,3-9(30)17(38)23(44)18(39)10(3)31)4-11(32)19(40)24(45)20(41)12(4)33/h2-20H,21H2,1H3;/q+1;-1. The monoisotopic (exact) mass is 1120 g/mol.